The maximum Gasteiger partial charge on any atom is 0.251 e. The zero-order chi connectivity index (χ0) is 23.4. The third-order valence-corrected chi connectivity index (χ3v) is 6.87. The highest BCUT2D eigenvalue weighted by Crippen LogP contribution is 2.24. The van der Waals surface area contributed by atoms with E-state index in [1.54, 1.807) is 12.1 Å². The zero-order valence-corrected chi connectivity index (χ0v) is 19.7. The van der Waals surface area contributed by atoms with Gasteiger partial charge in [0.15, 0.2) is 0 Å². The maximum absolute atomic E-state index is 12.7. The second-order valence-electron chi connectivity index (χ2n) is 8.01. The summed E-state index contributed by atoms with van der Waals surface area (Å²) in [6, 6.07) is 22.8. The van der Waals surface area contributed by atoms with Crippen molar-refractivity contribution in [2.75, 3.05) is 0 Å². The molecule has 0 radical (unpaired) electrons. The Bertz CT molecular complexity index is 1290. The normalized spacial score (nSPS) is 11.8. The SMILES string of the molecule is Cc1ccc(S(=O)Cc2nc(-c3ccc(C(=O)NCc4ccccc4C)cc3)oc2C)cc1. The predicted octanol–water partition coefficient (Wildman–Crippen LogP) is 5.50. The highest BCUT2D eigenvalue weighted by molar-refractivity contribution is 7.84. The average Bonchev–Trinajstić information content (AvgIpc) is 3.19. The van der Waals surface area contributed by atoms with Crippen LogP contribution < -0.4 is 5.32 Å². The summed E-state index contributed by atoms with van der Waals surface area (Å²) >= 11 is 0. The molecule has 0 fully saturated rings. The monoisotopic (exact) mass is 458 g/mol. The Hall–Kier alpha value is -3.51. The minimum Gasteiger partial charge on any atom is -0.441 e. The van der Waals surface area contributed by atoms with Crippen LogP contribution in [0.15, 0.2) is 82.1 Å². The Morgan fingerprint density at radius 2 is 1.64 bits per heavy atom. The number of carbonyl (C=O) groups excluding carboxylic acids is 1. The number of oxazole rings is 1. The fourth-order valence-corrected chi connectivity index (χ4v) is 4.56. The number of hydrogen-bond donors (Lipinski definition) is 1. The van der Waals surface area contributed by atoms with Crippen molar-refractivity contribution in [3.05, 3.63) is 107 Å². The van der Waals surface area contributed by atoms with Gasteiger partial charge in [-0.1, -0.05) is 42.0 Å². The van der Waals surface area contributed by atoms with Gasteiger partial charge in [-0.3, -0.25) is 9.00 Å². The van der Waals surface area contributed by atoms with Crippen LogP contribution in [0, 0.1) is 20.8 Å². The molecule has 1 atom stereocenters. The van der Waals surface area contributed by atoms with Crippen LogP contribution in [0.25, 0.3) is 11.5 Å². The van der Waals surface area contributed by atoms with Gasteiger partial charge in [0.05, 0.1) is 22.2 Å². The first-order valence-corrected chi connectivity index (χ1v) is 12.1. The summed E-state index contributed by atoms with van der Waals surface area (Å²) in [7, 11) is -1.20. The van der Waals surface area contributed by atoms with Crippen LogP contribution in [-0.4, -0.2) is 15.1 Å². The molecule has 0 spiro atoms. The predicted molar refractivity (Wildman–Crippen MR) is 130 cm³/mol. The minimum absolute atomic E-state index is 0.137. The van der Waals surface area contributed by atoms with Gasteiger partial charge in [-0.2, -0.15) is 0 Å². The molecule has 1 unspecified atom stereocenters. The van der Waals surface area contributed by atoms with Gasteiger partial charge in [0, 0.05) is 22.6 Å². The van der Waals surface area contributed by atoms with Crippen LogP contribution in [0.1, 0.15) is 38.5 Å². The fourth-order valence-electron chi connectivity index (χ4n) is 3.43. The number of nitrogens with one attached hydrogen (secondary N) is 1. The summed E-state index contributed by atoms with van der Waals surface area (Å²) in [6.45, 7) is 6.33. The van der Waals surface area contributed by atoms with Gasteiger partial charge < -0.3 is 9.73 Å². The molecule has 4 aromatic rings. The van der Waals surface area contributed by atoms with Crippen LogP contribution in [0.2, 0.25) is 0 Å². The molecule has 0 saturated carbocycles. The van der Waals surface area contributed by atoms with E-state index < -0.39 is 10.8 Å². The molecule has 4 rings (SSSR count). The number of benzene rings is 3. The number of nitrogens with zero attached hydrogens (tertiary/aromatic N) is 1. The highest BCUT2D eigenvalue weighted by atomic mass is 32.2. The molecule has 168 valence electrons. The lowest BCUT2D eigenvalue weighted by atomic mass is 10.1. The number of aryl methyl sites for hydroxylation is 3. The number of carbonyl (C=O) groups is 1. The van der Waals surface area contributed by atoms with E-state index in [1.807, 2.05) is 81.4 Å². The van der Waals surface area contributed by atoms with E-state index in [1.165, 1.54) is 0 Å². The molecule has 0 aliphatic rings. The average molecular weight is 459 g/mol. The summed E-state index contributed by atoms with van der Waals surface area (Å²) in [5, 5.41) is 2.96. The quantitative estimate of drug-likeness (QED) is 0.397. The molecule has 33 heavy (non-hydrogen) atoms. The Balaban J connectivity index is 1.42. The lowest BCUT2D eigenvalue weighted by Crippen LogP contribution is -2.23. The second kappa shape index (κ2) is 9.96. The lowest BCUT2D eigenvalue weighted by molar-refractivity contribution is 0.0951. The van der Waals surface area contributed by atoms with Crippen LogP contribution in [-0.2, 0) is 23.1 Å². The van der Waals surface area contributed by atoms with Gasteiger partial charge in [-0.05, 0) is 68.3 Å². The van der Waals surface area contributed by atoms with Crippen molar-refractivity contribution in [1.29, 1.82) is 0 Å². The summed E-state index contributed by atoms with van der Waals surface area (Å²) in [5.41, 5.74) is 5.36. The third kappa shape index (κ3) is 5.46. The standard InChI is InChI=1S/C27H26N2O3S/c1-18-8-14-24(15-9-18)33(31)17-25-20(3)32-27(29-25)22-12-10-21(11-13-22)26(30)28-16-23-7-5-4-6-19(23)2/h4-15H,16-17H2,1-3H3,(H,28,30). The number of hydrogen-bond acceptors (Lipinski definition) is 4. The van der Waals surface area contributed by atoms with Crippen molar-refractivity contribution in [3.63, 3.8) is 0 Å². The van der Waals surface area contributed by atoms with Crippen molar-refractivity contribution >= 4 is 16.7 Å². The first kappa shape index (κ1) is 22.7. The van der Waals surface area contributed by atoms with E-state index in [2.05, 4.69) is 10.3 Å². The molecule has 5 nitrogen and oxygen atoms in total. The highest BCUT2D eigenvalue weighted by Gasteiger charge is 2.16. The zero-order valence-electron chi connectivity index (χ0n) is 18.9. The van der Waals surface area contributed by atoms with E-state index in [-0.39, 0.29) is 11.7 Å². The maximum atomic E-state index is 12.7. The van der Waals surface area contributed by atoms with Crippen molar-refractivity contribution in [2.24, 2.45) is 0 Å². The van der Waals surface area contributed by atoms with E-state index in [0.29, 0.717) is 29.5 Å². The number of rotatable bonds is 7. The van der Waals surface area contributed by atoms with Crippen molar-refractivity contribution in [1.82, 2.24) is 10.3 Å². The molecule has 1 aromatic heterocycles. The first-order chi connectivity index (χ1) is 15.9. The molecular formula is C27H26N2O3S. The molecule has 0 aliphatic carbocycles. The summed E-state index contributed by atoms with van der Waals surface area (Å²) in [5.74, 6) is 1.25. The fraction of sp³-hybridized carbons (Fsp3) is 0.185. The van der Waals surface area contributed by atoms with Crippen LogP contribution in [0.3, 0.4) is 0 Å². The topological polar surface area (TPSA) is 72.2 Å². The van der Waals surface area contributed by atoms with Gasteiger partial charge in [0.25, 0.3) is 5.91 Å². The van der Waals surface area contributed by atoms with Gasteiger partial charge >= 0.3 is 0 Å². The second-order valence-corrected chi connectivity index (χ2v) is 9.46. The largest absolute Gasteiger partial charge is 0.441 e. The lowest BCUT2D eigenvalue weighted by Gasteiger charge is -2.08. The Labute approximate surface area is 196 Å². The molecule has 3 aromatic carbocycles. The van der Waals surface area contributed by atoms with Gasteiger partial charge in [0.2, 0.25) is 5.89 Å². The molecule has 0 bridgehead atoms. The summed E-state index contributed by atoms with van der Waals surface area (Å²) in [4.78, 5) is 17.9. The van der Waals surface area contributed by atoms with E-state index in [0.717, 1.165) is 27.1 Å². The van der Waals surface area contributed by atoms with Crippen molar-refractivity contribution in [3.8, 4) is 11.5 Å². The number of aromatic nitrogens is 1. The van der Waals surface area contributed by atoms with Crippen LogP contribution >= 0.6 is 0 Å². The Morgan fingerprint density at radius 1 is 0.939 bits per heavy atom. The smallest absolute Gasteiger partial charge is 0.251 e. The van der Waals surface area contributed by atoms with Crippen LogP contribution in [0.4, 0.5) is 0 Å². The van der Waals surface area contributed by atoms with Gasteiger partial charge in [0.1, 0.15) is 5.76 Å². The molecule has 0 aliphatic heterocycles. The third-order valence-electron chi connectivity index (χ3n) is 5.54. The van der Waals surface area contributed by atoms with Crippen molar-refractivity contribution < 1.29 is 13.4 Å². The van der Waals surface area contributed by atoms with Crippen LogP contribution in [0.5, 0.6) is 0 Å². The van der Waals surface area contributed by atoms with E-state index in [4.69, 9.17) is 4.42 Å². The van der Waals surface area contributed by atoms with E-state index in [9.17, 15) is 9.00 Å². The molecule has 1 N–H and O–H groups in total. The Morgan fingerprint density at radius 3 is 2.33 bits per heavy atom. The number of amides is 1. The van der Waals surface area contributed by atoms with Gasteiger partial charge in [-0.25, -0.2) is 4.98 Å². The van der Waals surface area contributed by atoms with Gasteiger partial charge in [-0.15, -0.1) is 0 Å². The Kier molecular flexibility index (Phi) is 6.84. The molecular weight excluding hydrogens is 432 g/mol. The molecule has 6 heteroatoms. The molecule has 0 saturated heterocycles. The van der Waals surface area contributed by atoms with Crippen molar-refractivity contribution in [2.45, 2.75) is 38.0 Å². The molecule has 1 heterocycles. The van der Waals surface area contributed by atoms with E-state index >= 15 is 0 Å². The summed E-state index contributed by atoms with van der Waals surface area (Å²) < 4.78 is 18.5. The minimum atomic E-state index is -1.20. The molecule has 1 amide bonds. The first-order valence-electron chi connectivity index (χ1n) is 10.7. The summed E-state index contributed by atoms with van der Waals surface area (Å²) in [6.07, 6.45) is 0.